The number of aromatic nitrogens is 1. The summed E-state index contributed by atoms with van der Waals surface area (Å²) in [7, 11) is 5.60. The van der Waals surface area contributed by atoms with E-state index in [4.69, 9.17) is 14.5 Å². The number of halogens is 1. The van der Waals surface area contributed by atoms with Crippen molar-refractivity contribution in [1.82, 2.24) is 15.2 Å². The number of benzene rings is 2. The Balaban J connectivity index is 0.00000117. The van der Waals surface area contributed by atoms with Gasteiger partial charge in [-0.1, -0.05) is 13.8 Å². The highest BCUT2D eigenvalue weighted by atomic mass is 19.1. The molecule has 1 N–H and O–H groups in total. The van der Waals surface area contributed by atoms with E-state index in [2.05, 4.69) is 28.2 Å². The molecule has 2 aromatic carbocycles. The second kappa shape index (κ2) is 11.2. The van der Waals surface area contributed by atoms with Crippen molar-refractivity contribution in [2.45, 2.75) is 38.8 Å². The van der Waals surface area contributed by atoms with E-state index in [0.717, 1.165) is 66.1 Å². The molecule has 0 spiro atoms. The maximum Gasteiger partial charge on any atom is 0.165 e. The lowest BCUT2D eigenvalue weighted by Gasteiger charge is -2.28. The van der Waals surface area contributed by atoms with Crippen molar-refractivity contribution in [3.8, 4) is 22.8 Å². The number of nitrogens with zero attached hydrogens (tertiary/aromatic N) is 3. The van der Waals surface area contributed by atoms with Crippen LogP contribution in [0.5, 0.6) is 11.5 Å². The molecular weight excluding hydrogens is 443 g/mol. The summed E-state index contributed by atoms with van der Waals surface area (Å²) in [5.74, 6) is 0.685. The van der Waals surface area contributed by atoms with E-state index in [1.54, 1.807) is 12.1 Å². The lowest BCUT2D eigenvalue weighted by atomic mass is 10.0. The zero-order valence-electron chi connectivity index (χ0n) is 21.5. The number of methoxy groups -OCH3 is 1. The molecule has 0 radical (unpaired) electrons. The molecule has 2 atom stereocenters. The van der Waals surface area contributed by atoms with Crippen LogP contribution in [0, 0.1) is 5.82 Å². The summed E-state index contributed by atoms with van der Waals surface area (Å²) < 4.78 is 25.7. The molecular formula is C28H39FN4O2. The molecule has 2 unspecified atom stereocenters. The highest BCUT2D eigenvalue weighted by molar-refractivity contribution is 5.95. The lowest BCUT2D eigenvalue weighted by Crippen LogP contribution is -2.35. The third kappa shape index (κ3) is 5.07. The number of likely N-dealkylation sites (N-methyl/N-ethyl adjacent to an activating group) is 2. The Kier molecular flexibility index (Phi) is 8.08. The summed E-state index contributed by atoms with van der Waals surface area (Å²) in [6.07, 6.45) is 2.25. The van der Waals surface area contributed by atoms with Crippen molar-refractivity contribution in [2.24, 2.45) is 0 Å². The molecule has 6 nitrogen and oxygen atoms in total. The number of hydrogen-bond acceptors (Lipinski definition) is 6. The largest absolute Gasteiger partial charge is 0.494 e. The van der Waals surface area contributed by atoms with Crippen LogP contribution >= 0.6 is 0 Å². The molecule has 190 valence electrons. The van der Waals surface area contributed by atoms with Gasteiger partial charge < -0.3 is 24.6 Å². The minimum atomic E-state index is -0.358. The first-order valence-corrected chi connectivity index (χ1v) is 12.6. The Morgan fingerprint density at radius 2 is 1.83 bits per heavy atom. The normalized spacial score (nSPS) is 19.4. The van der Waals surface area contributed by atoms with Crippen molar-refractivity contribution >= 4 is 16.6 Å². The van der Waals surface area contributed by atoms with E-state index in [1.165, 1.54) is 7.11 Å². The molecule has 5 rings (SSSR count). The van der Waals surface area contributed by atoms with Crippen molar-refractivity contribution < 1.29 is 15.3 Å². The maximum atomic E-state index is 14.7. The predicted molar refractivity (Wildman–Crippen MR) is 143 cm³/mol. The van der Waals surface area contributed by atoms with Gasteiger partial charge in [-0.2, -0.15) is 0 Å². The van der Waals surface area contributed by atoms with E-state index in [1.807, 2.05) is 45.2 Å². The number of anilines is 1. The number of rotatable bonds is 7. The molecule has 3 heterocycles. The minimum absolute atomic E-state index is 0. The molecule has 0 amide bonds. The second-order valence-corrected chi connectivity index (χ2v) is 8.89. The molecule has 0 saturated carbocycles. The fourth-order valence-corrected chi connectivity index (χ4v) is 5.24. The van der Waals surface area contributed by atoms with Gasteiger partial charge in [-0.25, -0.2) is 9.37 Å². The summed E-state index contributed by atoms with van der Waals surface area (Å²) in [5, 5.41) is 3.91. The first kappa shape index (κ1) is 25.2. The van der Waals surface area contributed by atoms with E-state index in [9.17, 15) is 4.39 Å². The summed E-state index contributed by atoms with van der Waals surface area (Å²) >= 11 is 0. The van der Waals surface area contributed by atoms with Gasteiger partial charge in [0.05, 0.1) is 18.3 Å². The number of nitrogens with one attached hydrogen (secondary N) is 1. The first-order valence-electron chi connectivity index (χ1n) is 12.6. The van der Waals surface area contributed by atoms with Gasteiger partial charge in [-0.15, -0.1) is 0 Å². The smallest absolute Gasteiger partial charge is 0.165 e. The predicted octanol–water partition coefficient (Wildman–Crippen LogP) is 5.20. The number of likely N-dealkylation sites (tertiary alicyclic amines) is 1. The van der Waals surface area contributed by atoms with Gasteiger partial charge in [0.15, 0.2) is 11.6 Å². The van der Waals surface area contributed by atoms with Crippen LogP contribution in [0.25, 0.3) is 22.2 Å². The molecule has 0 bridgehead atoms. The Bertz CT molecular complexity index is 1140. The van der Waals surface area contributed by atoms with Crippen LogP contribution in [-0.2, 0) is 0 Å². The van der Waals surface area contributed by atoms with E-state index >= 15 is 0 Å². The zero-order valence-corrected chi connectivity index (χ0v) is 21.5. The summed E-state index contributed by atoms with van der Waals surface area (Å²) in [4.78, 5) is 9.81. The molecule has 35 heavy (non-hydrogen) atoms. The summed E-state index contributed by atoms with van der Waals surface area (Å²) in [5.41, 5.74) is 3.66. The molecule has 2 aliphatic heterocycles. The average Bonchev–Trinajstić information content (AvgIpc) is 3.48. The van der Waals surface area contributed by atoms with Crippen LogP contribution in [0.1, 0.15) is 28.1 Å². The standard InChI is InChI=1S/C26H31FN4O2.C2H6.H2/c1-28-10-13-33-18-6-4-17(5-7-18)21-15-25(31-12-9-23-24(31)8-11-30(23)2)19-14-20(27)26(32-3)16-22(19)29-21;1-2;/h4-7,14-16,23-24,28H,8-13H2,1-3H3;1-2H3;1H. The minimum Gasteiger partial charge on any atom is -0.494 e. The molecule has 2 fully saturated rings. The van der Waals surface area contributed by atoms with Crippen LogP contribution in [0.3, 0.4) is 0 Å². The highest BCUT2D eigenvalue weighted by Gasteiger charge is 2.41. The Labute approximate surface area is 209 Å². The molecule has 2 aliphatic rings. The molecule has 0 aliphatic carbocycles. The maximum absolute atomic E-state index is 14.7. The number of fused-ring (bicyclic) bond motifs is 2. The number of ether oxygens (including phenoxy) is 2. The zero-order chi connectivity index (χ0) is 24.9. The van der Waals surface area contributed by atoms with Crippen LogP contribution in [0.2, 0.25) is 0 Å². The number of hydrogen-bond donors (Lipinski definition) is 1. The van der Waals surface area contributed by atoms with Gasteiger partial charge in [0.25, 0.3) is 0 Å². The summed E-state index contributed by atoms with van der Waals surface area (Å²) in [6, 6.07) is 14.4. The van der Waals surface area contributed by atoms with Gasteiger partial charge in [-0.05, 0) is 63.3 Å². The van der Waals surface area contributed by atoms with Crippen LogP contribution in [0.4, 0.5) is 10.1 Å². The molecule has 7 heteroatoms. The summed E-state index contributed by atoms with van der Waals surface area (Å²) in [6.45, 7) is 7.47. The monoisotopic (exact) mass is 482 g/mol. The van der Waals surface area contributed by atoms with E-state index in [0.29, 0.717) is 18.7 Å². The van der Waals surface area contributed by atoms with Crippen molar-refractivity contribution in [3.05, 3.63) is 48.3 Å². The van der Waals surface area contributed by atoms with Gasteiger partial charge in [0, 0.05) is 55.8 Å². The highest BCUT2D eigenvalue weighted by Crippen LogP contribution is 2.40. The van der Waals surface area contributed by atoms with Crippen molar-refractivity contribution in [2.75, 3.05) is 52.3 Å². The fraction of sp³-hybridized carbons (Fsp3) is 0.464. The Morgan fingerprint density at radius 1 is 1.09 bits per heavy atom. The third-order valence-corrected chi connectivity index (χ3v) is 6.99. The number of pyridine rings is 1. The molecule has 1 aromatic heterocycles. The quantitative estimate of drug-likeness (QED) is 0.467. The van der Waals surface area contributed by atoms with Crippen molar-refractivity contribution in [1.29, 1.82) is 0 Å². The topological polar surface area (TPSA) is 49.9 Å². The SMILES string of the molecule is CC.CNCCOc1ccc(-c2cc(N3CCC4C3CCN4C)c3cc(F)c(OC)cc3n2)cc1.[HH]. The molecule has 2 saturated heterocycles. The lowest BCUT2D eigenvalue weighted by molar-refractivity contribution is 0.312. The van der Waals surface area contributed by atoms with Gasteiger partial charge >= 0.3 is 0 Å². The van der Waals surface area contributed by atoms with E-state index < -0.39 is 0 Å². The molecule has 3 aromatic rings. The average molecular weight is 483 g/mol. The second-order valence-electron chi connectivity index (χ2n) is 8.89. The van der Waals surface area contributed by atoms with Crippen LogP contribution < -0.4 is 19.7 Å². The fourth-order valence-electron chi connectivity index (χ4n) is 5.24. The Morgan fingerprint density at radius 3 is 2.54 bits per heavy atom. The van der Waals surface area contributed by atoms with E-state index in [-0.39, 0.29) is 13.0 Å². The van der Waals surface area contributed by atoms with Gasteiger partial charge in [0.1, 0.15) is 12.4 Å². The van der Waals surface area contributed by atoms with Gasteiger partial charge in [0.2, 0.25) is 0 Å². The van der Waals surface area contributed by atoms with Crippen molar-refractivity contribution in [3.63, 3.8) is 0 Å². The Hall–Kier alpha value is -2.90. The third-order valence-electron chi connectivity index (χ3n) is 6.99. The van der Waals surface area contributed by atoms with Crippen LogP contribution in [0.15, 0.2) is 42.5 Å². The van der Waals surface area contributed by atoms with Crippen LogP contribution in [-0.4, -0.2) is 69.4 Å². The first-order chi connectivity index (χ1) is 17.1. The van der Waals surface area contributed by atoms with Gasteiger partial charge in [-0.3, -0.25) is 0 Å².